The van der Waals surface area contributed by atoms with E-state index in [2.05, 4.69) is 26.5 Å². The molecule has 2 aromatic carbocycles. The van der Waals surface area contributed by atoms with Gasteiger partial charge in [-0.3, -0.25) is 9.10 Å². The highest BCUT2D eigenvalue weighted by Crippen LogP contribution is 2.20. The quantitative estimate of drug-likeness (QED) is 0.568. The van der Waals surface area contributed by atoms with Crippen molar-refractivity contribution < 1.29 is 17.6 Å². The Bertz CT molecular complexity index is 903. The van der Waals surface area contributed by atoms with Crippen LogP contribution in [-0.2, 0) is 14.8 Å². The second kappa shape index (κ2) is 8.21. The van der Waals surface area contributed by atoms with E-state index in [-0.39, 0.29) is 5.69 Å². The van der Waals surface area contributed by atoms with E-state index in [1.165, 1.54) is 24.4 Å². The highest BCUT2D eigenvalue weighted by molar-refractivity contribution is 9.10. The molecule has 0 atom stereocenters. The standard InChI is InChI=1S/C16H15BrFN3O3S/c1-25(23,24)21(15-9-5-4-8-14(15)18)11-16(22)20-19-10-12-6-2-3-7-13(12)17/h2-10H,11H2,1H3,(H,20,22)/b19-10-. The first-order chi connectivity index (χ1) is 11.8. The first-order valence-electron chi connectivity index (χ1n) is 7.07. The minimum Gasteiger partial charge on any atom is -0.271 e. The van der Waals surface area contributed by atoms with E-state index in [9.17, 15) is 17.6 Å². The molecule has 0 aliphatic rings. The van der Waals surface area contributed by atoms with Crippen LogP contribution in [0.4, 0.5) is 10.1 Å². The highest BCUT2D eigenvalue weighted by Gasteiger charge is 2.23. The van der Waals surface area contributed by atoms with Crippen molar-refractivity contribution in [2.75, 3.05) is 17.1 Å². The SMILES string of the molecule is CS(=O)(=O)N(CC(=O)N/N=C\c1ccccc1Br)c1ccccc1F. The molecule has 0 bridgehead atoms. The maximum atomic E-state index is 13.9. The van der Waals surface area contributed by atoms with E-state index in [0.717, 1.165) is 22.4 Å². The van der Waals surface area contributed by atoms with Gasteiger partial charge in [0.2, 0.25) is 10.0 Å². The molecule has 6 nitrogen and oxygen atoms in total. The molecule has 0 fully saturated rings. The van der Waals surface area contributed by atoms with E-state index in [1.807, 2.05) is 12.1 Å². The van der Waals surface area contributed by atoms with Gasteiger partial charge in [-0.05, 0) is 18.2 Å². The number of amides is 1. The number of rotatable bonds is 6. The van der Waals surface area contributed by atoms with Crippen molar-refractivity contribution in [3.05, 3.63) is 64.4 Å². The molecule has 0 radical (unpaired) electrons. The Labute approximate surface area is 153 Å². The van der Waals surface area contributed by atoms with E-state index < -0.39 is 28.3 Å². The van der Waals surface area contributed by atoms with E-state index in [0.29, 0.717) is 4.31 Å². The summed E-state index contributed by atoms with van der Waals surface area (Å²) < 4.78 is 39.1. The smallest absolute Gasteiger partial charge is 0.260 e. The third-order valence-corrected chi connectivity index (χ3v) is 4.96. The van der Waals surface area contributed by atoms with Crippen LogP contribution in [0.2, 0.25) is 0 Å². The van der Waals surface area contributed by atoms with Crippen LogP contribution in [0.1, 0.15) is 5.56 Å². The van der Waals surface area contributed by atoms with Crippen molar-refractivity contribution in [2.45, 2.75) is 0 Å². The topological polar surface area (TPSA) is 78.8 Å². The summed E-state index contributed by atoms with van der Waals surface area (Å²) in [5.41, 5.74) is 2.77. The van der Waals surface area contributed by atoms with Gasteiger partial charge in [-0.25, -0.2) is 18.2 Å². The maximum Gasteiger partial charge on any atom is 0.260 e. The summed E-state index contributed by atoms with van der Waals surface area (Å²) in [5.74, 6) is -1.44. The minimum absolute atomic E-state index is 0.199. The molecule has 0 spiro atoms. The van der Waals surface area contributed by atoms with Crippen LogP contribution >= 0.6 is 15.9 Å². The molecular weight excluding hydrogens is 413 g/mol. The Balaban J connectivity index is 2.11. The van der Waals surface area contributed by atoms with Gasteiger partial charge in [0, 0.05) is 10.0 Å². The summed E-state index contributed by atoms with van der Waals surface area (Å²) in [5, 5.41) is 3.78. The lowest BCUT2D eigenvalue weighted by atomic mass is 10.2. The summed E-state index contributed by atoms with van der Waals surface area (Å²) in [7, 11) is -3.85. The molecule has 132 valence electrons. The summed E-state index contributed by atoms with van der Waals surface area (Å²) in [6.45, 7) is -0.590. The number of anilines is 1. The van der Waals surface area contributed by atoms with Crippen molar-refractivity contribution in [3.63, 3.8) is 0 Å². The Morgan fingerprint density at radius 1 is 1.24 bits per heavy atom. The zero-order valence-corrected chi connectivity index (χ0v) is 15.6. The number of carbonyl (C=O) groups excluding carboxylic acids is 1. The van der Waals surface area contributed by atoms with Crippen LogP contribution < -0.4 is 9.73 Å². The summed E-state index contributed by atoms with van der Waals surface area (Å²) in [4.78, 5) is 12.0. The van der Waals surface area contributed by atoms with Crippen molar-refractivity contribution in [1.82, 2.24) is 5.43 Å². The van der Waals surface area contributed by atoms with E-state index in [1.54, 1.807) is 12.1 Å². The van der Waals surface area contributed by atoms with Crippen LogP contribution in [-0.4, -0.2) is 33.3 Å². The largest absolute Gasteiger partial charge is 0.271 e. The lowest BCUT2D eigenvalue weighted by molar-refractivity contribution is -0.119. The Kier molecular flexibility index (Phi) is 6.27. The molecule has 2 rings (SSSR count). The zero-order chi connectivity index (χ0) is 18.4. The number of nitrogens with zero attached hydrogens (tertiary/aromatic N) is 2. The Morgan fingerprint density at radius 3 is 2.52 bits per heavy atom. The third kappa shape index (κ3) is 5.36. The average molecular weight is 428 g/mol. The number of carbonyl (C=O) groups is 1. The van der Waals surface area contributed by atoms with Crippen molar-refractivity contribution in [1.29, 1.82) is 0 Å². The first-order valence-corrected chi connectivity index (χ1v) is 9.72. The third-order valence-electron chi connectivity index (χ3n) is 3.11. The number of hydrazone groups is 1. The lowest BCUT2D eigenvalue weighted by Gasteiger charge is -2.21. The number of hydrogen-bond acceptors (Lipinski definition) is 4. The first kappa shape index (κ1) is 19.1. The van der Waals surface area contributed by atoms with Gasteiger partial charge in [0.15, 0.2) is 0 Å². The predicted octanol–water partition coefficient (Wildman–Crippen LogP) is 2.50. The van der Waals surface area contributed by atoms with Gasteiger partial charge in [0.25, 0.3) is 5.91 Å². The highest BCUT2D eigenvalue weighted by atomic mass is 79.9. The average Bonchev–Trinajstić information content (AvgIpc) is 2.54. The lowest BCUT2D eigenvalue weighted by Crippen LogP contribution is -2.39. The van der Waals surface area contributed by atoms with Gasteiger partial charge in [0.1, 0.15) is 12.4 Å². The molecule has 0 aliphatic carbocycles. The number of hydrogen-bond donors (Lipinski definition) is 1. The minimum atomic E-state index is -3.85. The van der Waals surface area contributed by atoms with Crippen LogP contribution in [0.25, 0.3) is 0 Å². The monoisotopic (exact) mass is 427 g/mol. The number of benzene rings is 2. The number of para-hydroxylation sites is 1. The Morgan fingerprint density at radius 2 is 1.88 bits per heavy atom. The molecule has 1 N–H and O–H groups in total. The second-order valence-corrected chi connectivity index (χ2v) is 7.80. The summed E-state index contributed by atoms with van der Waals surface area (Å²) in [6.07, 6.45) is 2.31. The molecule has 0 unspecified atom stereocenters. The van der Waals surface area contributed by atoms with Crippen LogP contribution in [0.15, 0.2) is 58.1 Å². The van der Waals surface area contributed by atoms with Gasteiger partial charge in [-0.2, -0.15) is 5.10 Å². The normalized spacial score (nSPS) is 11.5. The summed E-state index contributed by atoms with van der Waals surface area (Å²) >= 11 is 3.34. The number of sulfonamides is 1. The Hall–Kier alpha value is -2.26. The van der Waals surface area contributed by atoms with Crippen LogP contribution in [0.5, 0.6) is 0 Å². The number of halogens is 2. The van der Waals surface area contributed by atoms with Crippen LogP contribution in [0.3, 0.4) is 0 Å². The molecule has 0 heterocycles. The van der Waals surface area contributed by atoms with Gasteiger partial charge in [-0.1, -0.05) is 46.3 Å². The predicted molar refractivity (Wildman–Crippen MR) is 98.5 cm³/mol. The van der Waals surface area contributed by atoms with Crippen LogP contribution in [0, 0.1) is 5.82 Å². The molecule has 1 amide bonds. The fraction of sp³-hybridized carbons (Fsp3) is 0.125. The van der Waals surface area contributed by atoms with Gasteiger partial charge < -0.3 is 0 Å². The summed E-state index contributed by atoms with van der Waals surface area (Å²) in [6, 6.07) is 12.6. The molecule has 0 aromatic heterocycles. The maximum absolute atomic E-state index is 13.9. The van der Waals surface area contributed by atoms with Gasteiger partial charge in [0.05, 0.1) is 18.2 Å². The van der Waals surface area contributed by atoms with Crippen molar-refractivity contribution in [3.8, 4) is 0 Å². The fourth-order valence-electron chi connectivity index (χ4n) is 1.95. The fourth-order valence-corrected chi connectivity index (χ4v) is 3.20. The molecule has 9 heteroatoms. The van der Waals surface area contributed by atoms with Crippen molar-refractivity contribution in [2.24, 2.45) is 5.10 Å². The molecule has 0 aliphatic heterocycles. The van der Waals surface area contributed by atoms with E-state index in [4.69, 9.17) is 0 Å². The zero-order valence-electron chi connectivity index (χ0n) is 13.2. The van der Waals surface area contributed by atoms with E-state index >= 15 is 0 Å². The number of nitrogens with one attached hydrogen (secondary N) is 1. The molecule has 2 aromatic rings. The molecule has 25 heavy (non-hydrogen) atoms. The van der Waals surface area contributed by atoms with Crippen molar-refractivity contribution >= 4 is 43.8 Å². The molecule has 0 saturated carbocycles. The van der Waals surface area contributed by atoms with Gasteiger partial charge >= 0.3 is 0 Å². The molecule has 0 saturated heterocycles. The molecular formula is C16H15BrFN3O3S. The van der Waals surface area contributed by atoms with Gasteiger partial charge in [-0.15, -0.1) is 0 Å². The second-order valence-electron chi connectivity index (χ2n) is 5.04.